The van der Waals surface area contributed by atoms with Crippen molar-refractivity contribution >= 4 is 0 Å². The summed E-state index contributed by atoms with van der Waals surface area (Å²) in [4.78, 5) is 0. The van der Waals surface area contributed by atoms with Crippen LogP contribution < -0.4 is 0 Å². The zero-order chi connectivity index (χ0) is 12.5. The highest BCUT2D eigenvalue weighted by Crippen LogP contribution is 2.36. The summed E-state index contributed by atoms with van der Waals surface area (Å²) < 4.78 is 26.2. The zero-order valence-electron chi connectivity index (χ0n) is 10.0. The van der Waals surface area contributed by atoms with Crippen molar-refractivity contribution in [2.75, 3.05) is 0 Å². The van der Waals surface area contributed by atoms with E-state index >= 15 is 0 Å². The number of halogens is 2. The molecule has 3 heteroatoms. The van der Waals surface area contributed by atoms with Gasteiger partial charge in [-0.25, -0.2) is 8.78 Å². The van der Waals surface area contributed by atoms with Crippen LogP contribution in [-0.2, 0) is 5.60 Å². The maximum absolute atomic E-state index is 13.1. The largest absolute Gasteiger partial charge is 0.385 e. The lowest BCUT2D eigenvalue weighted by Gasteiger charge is -2.27. The van der Waals surface area contributed by atoms with E-state index in [0.29, 0.717) is 17.9 Å². The summed E-state index contributed by atoms with van der Waals surface area (Å²) in [6.45, 7) is 1.64. The van der Waals surface area contributed by atoms with Gasteiger partial charge in [-0.05, 0) is 37.0 Å². The fourth-order valence-electron chi connectivity index (χ4n) is 2.76. The lowest BCUT2D eigenvalue weighted by atomic mass is 9.85. The molecule has 1 fully saturated rings. The highest BCUT2D eigenvalue weighted by atomic mass is 19.1. The van der Waals surface area contributed by atoms with Gasteiger partial charge < -0.3 is 5.11 Å². The van der Waals surface area contributed by atoms with Gasteiger partial charge >= 0.3 is 0 Å². The molecule has 1 N–H and O–H groups in total. The van der Waals surface area contributed by atoms with Gasteiger partial charge in [-0.3, -0.25) is 0 Å². The molecule has 1 aliphatic carbocycles. The van der Waals surface area contributed by atoms with Crippen molar-refractivity contribution in [3.05, 3.63) is 35.4 Å². The fourth-order valence-corrected chi connectivity index (χ4v) is 2.76. The van der Waals surface area contributed by atoms with Gasteiger partial charge in [0, 0.05) is 6.07 Å². The maximum Gasteiger partial charge on any atom is 0.126 e. The summed E-state index contributed by atoms with van der Waals surface area (Å²) in [6, 6.07) is 3.27. The van der Waals surface area contributed by atoms with Crippen molar-refractivity contribution in [2.24, 2.45) is 5.92 Å². The molecule has 0 aromatic heterocycles. The summed E-state index contributed by atoms with van der Waals surface area (Å²) in [7, 11) is 0. The van der Waals surface area contributed by atoms with Crippen molar-refractivity contribution in [2.45, 2.75) is 44.6 Å². The van der Waals surface area contributed by atoms with Crippen LogP contribution in [0.3, 0.4) is 0 Å². The molecule has 1 nitrogen and oxygen atoms in total. The number of benzene rings is 1. The van der Waals surface area contributed by atoms with Gasteiger partial charge in [0.25, 0.3) is 0 Å². The van der Waals surface area contributed by atoms with Gasteiger partial charge in [0.05, 0.1) is 5.60 Å². The van der Waals surface area contributed by atoms with Crippen LogP contribution in [0.15, 0.2) is 18.2 Å². The Morgan fingerprint density at radius 3 is 2.24 bits per heavy atom. The smallest absolute Gasteiger partial charge is 0.126 e. The van der Waals surface area contributed by atoms with Crippen LogP contribution in [0.2, 0.25) is 0 Å². The second-order valence-electron chi connectivity index (χ2n) is 5.29. The molecule has 1 atom stereocenters. The first kappa shape index (κ1) is 12.5. The normalized spacial score (nSPS) is 20.5. The zero-order valence-corrected chi connectivity index (χ0v) is 10.0. The third-order valence-electron chi connectivity index (χ3n) is 3.65. The average molecular weight is 240 g/mol. The summed E-state index contributed by atoms with van der Waals surface area (Å²) in [5.74, 6) is -0.797. The van der Waals surface area contributed by atoms with Gasteiger partial charge in [-0.1, -0.05) is 25.7 Å². The van der Waals surface area contributed by atoms with Gasteiger partial charge in [-0.15, -0.1) is 0 Å². The second kappa shape index (κ2) is 4.73. The predicted molar refractivity (Wildman–Crippen MR) is 62.5 cm³/mol. The maximum atomic E-state index is 13.1. The summed E-state index contributed by atoms with van der Waals surface area (Å²) in [5.41, 5.74) is -0.806. The standard InChI is InChI=1S/C14H18F2O/c1-14(17,9-10-4-2-3-5-10)11-6-12(15)8-13(16)7-11/h6-8,10,17H,2-5,9H2,1H3. The Balaban J connectivity index is 2.17. The van der Waals surface area contributed by atoms with Crippen LogP contribution in [0.25, 0.3) is 0 Å². The molecule has 0 amide bonds. The first-order valence-corrected chi connectivity index (χ1v) is 6.16. The summed E-state index contributed by atoms with van der Waals surface area (Å²) in [6.07, 6.45) is 5.17. The van der Waals surface area contributed by atoms with Crippen molar-refractivity contribution in [3.63, 3.8) is 0 Å². The van der Waals surface area contributed by atoms with E-state index in [1.807, 2.05) is 0 Å². The molecule has 1 aromatic carbocycles. The first-order valence-electron chi connectivity index (χ1n) is 6.16. The molecule has 1 aromatic rings. The van der Waals surface area contributed by atoms with Crippen molar-refractivity contribution in [1.29, 1.82) is 0 Å². The molecule has 1 saturated carbocycles. The molecule has 2 rings (SSSR count). The van der Waals surface area contributed by atoms with E-state index in [0.717, 1.165) is 18.9 Å². The number of hydrogen-bond donors (Lipinski definition) is 1. The van der Waals surface area contributed by atoms with E-state index in [9.17, 15) is 13.9 Å². The highest BCUT2D eigenvalue weighted by molar-refractivity contribution is 5.23. The van der Waals surface area contributed by atoms with Gasteiger partial charge in [0.15, 0.2) is 0 Å². The minimum Gasteiger partial charge on any atom is -0.385 e. The Labute approximate surface area is 100 Å². The van der Waals surface area contributed by atoms with E-state index in [1.54, 1.807) is 6.92 Å². The molecule has 0 heterocycles. The van der Waals surface area contributed by atoms with Crippen LogP contribution in [0.5, 0.6) is 0 Å². The molecule has 1 unspecified atom stereocenters. The molecule has 0 bridgehead atoms. The minimum atomic E-state index is -1.14. The molecule has 0 spiro atoms. The van der Waals surface area contributed by atoms with Gasteiger partial charge in [0.2, 0.25) is 0 Å². The molecule has 0 radical (unpaired) electrons. The lowest BCUT2D eigenvalue weighted by Crippen LogP contribution is -2.24. The van der Waals surface area contributed by atoms with Crippen LogP contribution in [0.4, 0.5) is 8.78 Å². The second-order valence-corrected chi connectivity index (χ2v) is 5.29. The Morgan fingerprint density at radius 1 is 1.18 bits per heavy atom. The van der Waals surface area contributed by atoms with Crippen LogP contribution in [0.1, 0.15) is 44.6 Å². The van der Waals surface area contributed by atoms with E-state index in [-0.39, 0.29) is 0 Å². The van der Waals surface area contributed by atoms with E-state index in [1.165, 1.54) is 25.0 Å². The van der Waals surface area contributed by atoms with Crippen LogP contribution in [0, 0.1) is 17.6 Å². The molecular formula is C14H18F2O. The monoisotopic (exact) mass is 240 g/mol. The first-order chi connectivity index (χ1) is 7.97. The van der Waals surface area contributed by atoms with E-state index in [2.05, 4.69) is 0 Å². The third-order valence-corrected chi connectivity index (χ3v) is 3.65. The predicted octanol–water partition coefficient (Wildman–Crippen LogP) is 3.75. The highest BCUT2D eigenvalue weighted by Gasteiger charge is 2.29. The Hall–Kier alpha value is -0.960. The van der Waals surface area contributed by atoms with Gasteiger partial charge in [-0.2, -0.15) is 0 Å². The number of aliphatic hydroxyl groups is 1. The SMILES string of the molecule is CC(O)(CC1CCCC1)c1cc(F)cc(F)c1. The Bertz CT molecular complexity index is 375. The number of rotatable bonds is 3. The van der Waals surface area contributed by atoms with E-state index < -0.39 is 17.2 Å². The molecule has 1 aliphatic rings. The Kier molecular flexibility index (Phi) is 3.48. The van der Waals surface area contributed by atoms with Crippen LogP contribution >= 0.6 is 0 Å². The van der Waals surface area contributed by atoms with Crippen molar-refractivity contribution in [3.8, 4) is 0 Å². The molecular weight excluding hydrogens is 222 g/mol. The molecule has 0 saturated heterocycles. The lowest BCUT2D eigenvalue weighted by molar-refractivity contribution is 0.0302. The van der Waals surface area contributed by atoms with E-state index in [4.69, 9.17) is 0 Å². The Morgan fingerprint density at radius 2 is 1.71 bits per heavy atom. The molecule has 94 valence electrons. The van der Waals surface area contributed by atoms with Crippen LogP contribution in [-0.4, -0.2) is 5.11 Å². The summed E-state index contributed by atoms with van der Waals surface area (Å²) >= 11 is 0. The number of hydrogen-bond acceptors (Lipinski definition) is 1. The van der Waals surface area contributed by atoms with Gasteiger partial charge in [0.1, 0.15) is 11.6 Å². The summed E-state index contributed by atoms with van der Waals surface area (Å²) in [5, 5.41) is 10.4. The average Bonchev–Trinajstić information content (AvgIpc) is 2.68. The molecule has 17 heavy (non-hydrogen) atoms. The van der Waals surface area contributed by atoms with Crippen molar-refractivity contribution < 1.29 is 13.9 Å². The quantitative estimate of drug-likeness (QED) is 0.853. The fraction of sp³-hybridized carbons (Fsp3) is 0.571. The topological polar surface area (TPSA) is 20.2 Å². The van der Waals surface area contributed by atoms with Crippen molar-refractivity contribution in [1.82, 2.24) is 0 Å². The molecule has 0 aliphatic heterocycles. The third kappa shape index (κ3) is 3.03. The minimum absolute atomic E-state index is 0.335.